The Morgan fingerprint density at radius 3 is 3.00 bits per heavy atom. The summed E-state index contributed by atoms with van der Waals surface area (Å²) in [6.45, 7) is 1.17. The second-order valence-corrected chi connectivity index (χ2v) is 4.77. The topological polar surface area (TPSA) is 46.9 Å². The van der Waals surface area contributed by atoms with E-state index in [9.17, 15) is 4.79 Å². The summed E-state index contributed by atoms with van der Waals surface area (Å²) in [5.41, 5.74) is 0.486. The van der Waals surface area contributed by atoms with Gasteiger partial charge in [0.1, 0.15) is 0 Å². The molecule has 0 saturated carbocycles. The van der Waals surface area contributed by atoms with E-state index in [0.717, 1.165) is 4.47 Å². The van der Waals surface area contributed by atoms with E-state index in [0.29, 0.717) is 24.0 Å². The van der Waals surface area contributed by atoms with Crippen LogP contribution in [0.15, 0.2) is 27.5 Å². The minimum absolute atomic E-state index is 0.114. The van der Waals surface area contributed by atoms with Gasteiger partial charge in [-0.05, 0) is 46.7 Å². The summed E-state index contributed by atoms with van der Waals surface area (Å²) in [6, 6.07) is 5.40. The van der Waals surface area contributed by atoms with Crippen LogP contribution in [0.3, 0.4) is 0 Å². The molecule has 0 aliphatic heterocycles. The van der Waals surface area contributed by atoms with Crippen LogP contribution in [0.25, 0.3) is 10.9 Å². The van der Waals surface area contributed by atoms with Gasteiger partial charge in [0.05, 0.1) is 10.9 Å². The van der Waals surface area contributed by atoms with E-state index < -0.39 is 0 Å². The monoisotopic (exact) mass is 315 g/mol. The molecule has 90 valence electrons. The third kappa shape index (κ3) is 2.36. The summed E-state index contributed by atoms with van der Waals surface area (Å²) in [6.07, 6.45) is 0. The summed E-state index contributed by atoms with van der Waals surface area (Å²) >= 11 is 9.38. The van der Waals surface area contributed by atoms with Crippen LogP contribution in [0.4, 0.5) is 0 Å². The van der Waals surface area contributed by atoms with Crippen LogP contribution < -0.4 is 10.9 Å². The van der Waals surface area contributed by atoms with Crippen LogP contribution in [-0.2, 0) is 6.54 Å². The minimum atomic E-state index is -0.114. The van der Waals surface area contributed by atoms with E-state index >= 15 is 0 Å². The van der Waals surface area contributed by atoms with E-state index in [1.54, 1.807) is 6.07 Å². The Kier molecular flexibility index (Phi) is 3.81. The van der Waals surface area contributed by atoms with Crippen molar-refractivity contribution in [2.45, 2.75) is 6.54 Å². The lowest BCUT2D eigenvalue weighted by atomic mass is 10.2. The van der Waals surface area contributed by atoms with Gasteiger partial charge in [0, 0.05) is 17.6 Å². The first-order chi connectivity index (χ1) is 8.15. The van der Waals surface area contributed by atoms with Gasteiger partial charge in [0.25, 0.3) is 5.56 Å². The van der Waals surface area contributed by atoms with E-state index in [2.05, 4.69) is 26.2 Å². The van der Waals surface area contributed by atoms with Gasteiger partial charge < -0.3 is 5.32 Å². The van der Waals surface area contributed by atoms with Crippen LogP contribution in [0.5, 0.6) is 0 Å². The van der Waals surface area contributed by atoms with Crippen molar-refractivity contribution in [3.05, 3.63) is 38.3 Å². The normalized spacial score (nSPS) is 11.0. The van der Waals surface area contributed by atoms with E-state index in [1.807, 2.05) is 19.2 Å². The fourth-order valence-electron chi connectivity index (χ4n) is 1.60. The van der Waals surface area contributed by atoms with Crippen molar-refractivity contribution in [3.8, 4) is 0 Å². The molecule has 0 unspecified atom stereocenters. The van der Waals surface area contributed by atoms with Crippen molar-refractivity contribution in [2.75, 3.05) is 13.6 Å². The van der Waals surface area contributed by atoms with Crippen molar-refractivity contribution in [1.29, 1.82) is 0 Å². The lowest BCUT2D eigenvalue weighted by Crippen LogP contribution is -2.27. The second-order valence-electron chi connectivity index (χ2n) is 3.58. The zero-order chi connectivity index (χ0) is 12.4. The molecule has 17 heavy (non-hydrogen) atoms. The van der Waals surface area contributed by atoms with Gasteiger partial charge in [-0.3, -0.25) is 9.36 Å². The van der Waals surface area contributed by atoms with Crippen LogP contribution in [0.1, 0.15) is 0 Å². The fraction of sp³-hybridized carbons (Fsp3) is 0.273. The van der Waals surface area contributed by atoms with Crippen molar-refractivity contribution in [2.24, 2.45) is 0 Å². The zero-order valence-corrected chi connectivity index (χ0v) is 11.5. The third-order valence-electron chi connectivity index (χ3n) is 2.47. The lowest BCUT2D eigenvalue weighted by Gasteiger charge is -2.09. The minimum Gasteiger partial charge on any atom is -0.318 e. The zero-order valence-electron chi connectivity index (χ0n) is 9.20. The second kappa shape index (κ2) is 5.16. The van der Waals surface area contributed by atoms with Crippen LogP contribution in [0, 0.1) is 0 Å². The maximum absolute atomic E-state index is 12.2. The third-order valence-corrected chi connectivity index (χ3v) is 3.40. The summed E-state index contributed by atoms with van der Waals surface area (Å²) < 4.78 is 2.24. The number of hydrogen-bond donors (Lipinski definition) is 1. The molecule has 0 aliphatic rings. The van der Waals surface area contributed by atoms with Gasteiger partial charge in [0.15, 0.2) is 0 Å². The highest BCUT2D eigenvalue weighted by Crippen LogP contribution is 2.20. The summed E-state index contributed by atoms with van der Waals surface area (Å²) in [5.74, 6) is 0. The largest absolute Gasteiger partial charge is 0.318 e. The van der Waals surface area contributed by atoms with Crippen molar-refractivity contribution < 1.29 is 0 Å². The number of nitrogens with one attached hydrogen (secondary N) is 1. The molecule has 1 N–H and O–H groups in total. The lowest BCUT2D eigenvalue weighted by molar-refractivity contribution is 0.622. The predicted molar refractivity (Wildman–Crippen MR) is 72.6 cm³/mol. The standard InChI is InChI=1S/C11H11BrClN3O/c1-14-5-6-16-10(17)7-3-2-4-8(12)9(7)15-11(16)13/h2-4,14H,5-6H2,1H3. The molecule has 4 nitrogen and oxygen atoms in total. The van der Waals surface area contributed by atoms with Crippen molar-refractivity contribution in [1.82, 2.24) is 14.9 Å². The van der Waals surface area contributed by atoms with Gasteiger partial charge in [-0.1, -0.05) is 6.07 Å². The SMILES string of the molecule is CNCCn1c(Cl)nc2c(Br)cccc2c1=O. The number of hydrogen-bond acceptors (Lipinski definition) is 3. The molecule has 1 aromatic heterocycles. The number of nitrogens with zero attached hydrogens (tertiary/aromatic N) is 2. The van der Waals surface area contributed by atoms with Crippen LogP contribution in [0.2, 0.25) is 5.28 Å². The molecule has 2 aromatic rings. The average Bonchev–Trinajstić information content (AvgIpc) is 2.31. The molecule has 0 aliphatic carbocycles. The van der Waals surface area contributed by atoms with Crippen LogP contribution >= 0.6 is 27.5 Å². The number of halogens is 2. The van der Waals surface area contributed by atoms with E-state index in [4.69, 9.17) is 11.6 Å². The maximum atomic E-state index is 12.2. The molecule has 0 fully saturated rings. The van der Waals surface area contributed by atoms with Crippen molar-refractivity contribution in [3.63, 3.8) is 0 Å². The summed E-state index contributed by atoms with van der Waals surface area (Å²) in [5, 5.41) is 3.76. The average molecular weight is 317 g/mol. The Balaban J connectivity index is 2.68. The Hall–Kier alpha value is -0.910. The number of rotatable bonds is 3. The van der Waals surface area contributed by atoms with E-state index in [-0.39, 0.29) is 10.8 Å². The highest BCUT2D eigenvalue weighted by Gasteiger charge is 2.10. The summed E-state index contributed by atoms with van der Waals surface area (Å²) in [7, 11) is 1.82. The Labute approximate surface area is 112 Å². The highest BCUT2D eigenvalue weighted by atomic mass is 79.9. The molecule has 0 spiro atoms. The Morgan fingerprint density at radius 2 is 2.29 bits per heavy atom. The fourth-order valence-corrected chi connectivity index (χ4v) is 2.30. The molecule has 1 heterocycles. The van der Waals surface area contributed by atoms with Gasteiger partial charge in [-0.25, -0.2) is 4.98 Å². The molecule has 1 aromatic carbocycles. The first-order valence-electron chi connectivity index (χ1n) is 5.14. The molecule has 6 heteroatoms. The molecular formula is C11H11BrClN3O. The quantitative estimate of drug-likeness (QED) is 0.882. The molecule has 0 radical (unpaired) electrons. The number of aromatic nitrogens is 2. The number of fused-ring (bicyclic) bond motifs is 1. The molecule has 0 bridgehead atoms. The molecular weight excluding hydrogens is 305 g/mol. The molecule has 0 saturated heterocycles. The Morgan fingerprint density at radius 1 is 1.53 bits per heavy atom. The maximum Gasteiger partial charge on any atom is 0.262 e. The van der Waals surface area contributed by atoms with Crippen molar-refractivity contribution >= 4 is 38.4 Å². The molecule has 0 amide bonds. The van der Waals surface area contributed by atoms with Gasteiger partial charge >= 0.3 is 0 Å². The smallest absolute Gasteiger partial charge is 0.262 e. The van der Waals surface area contributed by atoms with Gasteiger partial charge in [-0.15, -0.1) is 0 Å². The van der Waals surface area contributed by atoms with E-state index in [1.165, 1.54) is 4.57 Å². The first-order valence-corrected chi connectivity index (χ1v) is 6.31. The number of benzene rings is 1. The number of likely N-dealkylation sites (N-methyl/N-ethyl adjacent to an activating group) is 1. The number of para-hydroxylation sites is 1. The van der Waals surface area contributed by atoms with Gasteiger partial charge in [0.2, 0.25) is 5.28 Å². The molecule has 2 rings (SSSR count). The summed E-state index contributed by atoms with van der Waals surface area (Å²) in [4.78, 5) is 16.4. The highest BCUT2D eigenvalue weighted by molar-refractivity contribution is 9.10. The molecule has 0 atom stereocenters. The first kappa shape index (κ1) is 12.5. The predicted octanol–water partition coefficient (Wildman–Crippen LogP) is 2.03. The van der Waals surface area contributed by atoms with Crippen LogP contribution in [-0.4, -0.2) is 23.1 Å². The Bertz CT molecular complexity index is 611. The van der Waals surface area contributed by atoms with Gasteiger partial charge in [-0.2, -0.15) is 0 Å².